The van der Waals surface area contributed by atoms with Crippen molar-refractivity contribution < 1.29 is 0 Å². The molecule has 1 aromatic rings. The maximum Gasteiger partial charge on any atom is 0.0475 e. The Kier molecular flexibility index (Phi) is 5.83. The number of hydrogen-bond acceptors (Lipinski definition) is 2. The molecule has 0 saturated heterocycles. The summed E-state index contributed by atoms with van der Waals surface area (Å²) in [5, 5.41) is 3.69. The van der Waals surface area contributed by atoms with Crippen LogP contribution in [0.3, 0.4) is 0 Å². The Labute approximate surface area is 130 Å². The minimum Gasteiger partial charge on any atom is -0.309 e. The molecule has 3 atom stereocenters. The Hall–Kier alpha value is -0.860. The lowest BCUT2D eigenvalue weighted by Gasteiger charge is -2.37. The van der Waals surface area contributed by atoms with Gasteiger partial charge in [0.15, 0.2) is 0 Å². The molecule has 2 nitrogen and oxygen atoms in total. The summed E-state index contributed by atoms with van der Waals surface area (Å²) in [6.45, 7) is 10.2. The van der Waals surface area contributed by atoms with Crippen molar-refractivity contribution in [1.29, 1.82) is 0 Å². The van der Waals surface area contributed by atoms with Crippen LogP contribution >= 0.6 is 0 Å². The molecular weight excluding hydrogens is 256 g/mol. The van der Waals surface area contributed by atoms with E-state index in [9.17, 15) is 0 Å². The zero-order valence-electron chi connectivity index (χ0n) is 14.4. The minimum atomic E-state index is 0.409. The van der Waals surface area contributed by atoms with Crippen molar-refractivity contribution in [3.05, 3.63) is 35.4 Å². The second-order valence-corrected chi connectivity index (χ2v) is 6.61. The molecule has 118 valence electrons. The number of nitrogens with zero attached hydrogens (tertiary/aromatic N) is 1. The van der Waals surface area contributed by atoms with Crippen molar-refractivity contribution in [2.75, 3.05) is 13.6 Å². The van der Waals surface area contributed by atoms with Crippen molar-refractivity contribution in [3.8, 4) is 0 Å². The highest BCUT2D eigenvalue weighted by atomic mass is 15.2. The van der Waals surface area contributed by atoms with Gasteiger partial charge in [-0.2, -0.15) is 0 Å². The SMILES string of the molecule is CCNC(c1ccc(CC)cc1)C(C)N(C)C(C)C1CC1. The number of nitrogens with one attached hydrogen (secondary N) is 1. The Balaban J connectivity index is 2.11. The molecule has 0 heterocycles. The van der Waals surface area contributed by atoms with Crippen LogP contribution in [0, 0.1) is 5.92 Å². The molecule has 0 radical (unpaired) electrons. The van der Waals surface area contributed by atoms with Crippen LogP contribution in [0.5, 0.6) is 0 Å². The van der Waals surface area contributed by atoms with Gasteiger partial charge >= 0.3 is 0 Å². The van der Waals surface area contributed by atoms with E-state index in [1.165, 1.54) is 24.0 Å². The van der Waals surface area contributed by atoms with Crippen LogP contribution in [0.25, 0.3) is 0 Å². The number of rotatable bonds is 8. The van der Waals surface area contributed by atoms with E-state index in [0.29, 0.717) is 18.1 Å². The predicted molar refractivity (Wildman–Crippen MR) is 91.6 cm³/mol. The zero-order valence-corrected chi connectivity index (χ0v) is 14.4. The summed E-state index contributed by atoms with van der Waals surface area (Å²) < 4.78 is 0. The van der Waals surface area contributed by atoms with E-state index in [1.807, 2.05) is 0 Å². The first kappa shape index (κ1) is 16.5. The van der Waals surface area contributed by atoms with Gasteiger partial charge in [0.1, 0.15) is 0 Å². The molecule has 21 heavy (non-hydrogen) atoms. The number of aryl methyl sites for hydroxylation is 1. The summed E-state index contributed by atoms with van der Waals surface area (Å²) in [5.41, 5.74) is 2.83. The normalized spacial score (nSPS) is 19.5. The molecule has 0 aliphatic heterocycles. The second kappa shape index (κ2) is 7.42. The van der Waals surface area contributed by atoms with Gasteiger partial charge in [-0.25, -0.2) is 0 Å². The lowest BCUT2D eigenvalue weighted by atomic mass is 9.96. The molecular formula is C19H32N2. The van der Waals surface area contributed by atoms with Crippen molar-refractivity contribution in [2.24, 2.45) is 5.92 Å². The third-order valence-electron chi connectivity index (χ3n) is 5.24. The zero-order chi connectivity index (χ0) is 15.4. The Morgan fingerprint density at radius 2 is 1.76 bits per heavy atom. The summed E-state index contributed by atoms with van der Waals surface area (Å²) in [6, 6.07) is 10.8. The first-order valence-electron chi connectivity index (χ1n) is 8.62. The van der Waals surface area contributed by atoms with Crippen LogP contribution in [0.4, 0.5) is 0 Å². The smallest absolute Gasteiger partial charge is 0.0475 e. The van der Waals surface area contributed by atoms with Crippen LogP contribution in [0.1, 0.15) is 57.7 Å². The molecule has 0 amide bonds. The lowest BCUT2D eigenvalue weighted by molar-refractivity contribution is 0.145. The molecule has 2 heteroatoms. The van der Waals surface area contributed by atoms with E-state index >= 15 is 0 Å². The quantitative estimate of drug-likeness (QED) is 0.777. The third kappa shape index (κ3) is 4.08. The topological polar surface area (TPSA) is 15.3 Å². The fourth-order valence-electron chi connectivity index (χ4n) is 3.26. The molecule has 3 unspecified atom stereocenters. The predicted octanol–water partition coefficient (Wildman–Crippen LogP) is 4.02. The van der Waals surface area contributed by atoms with Gasteiger partial charge in [-0.05, 0) is 63.7 Å². The molecule has 0 aromatic heterocycles. The average Bonchev–Trinajstić information content (AvgIpc) is 3.35. The van der Waals surface area contributed by atoms with Crippen molar-refractivity contribution in [3.63, 3.8) is 0 Å². The van der Waals surface area contributed by atoms with Crippen LogP contribution < -0.4 is 5.32 Å². The van der Waals surface area contributed by atoms with Crippen LogP contribution in [-0.2, 0) is 6.42 Å². The monoisotopic (exact) mass is 288 g/mol. The third-order valence-corrected chi connectivity index (χ3v) is 5.24. The summed E-state index contributed by atoms with van der Waals surface area (Å²) >= 11 is 0. The lowest BCUT2D eigenvalue weighted by Crippen LogP contribution is -2.45. The van der Waals surface area contributed by atoms with Crippen molar-refractivity contribution in [2.45, 2.75) is 65.1 Å². The van der Waals surface area contributed by atoms with E-state index in [2.05, 4.69) is 69.2 Å². The number of benzene rings is 1. The summed E-state index contributed by atoms with van der Waals surface area (Å²) in [7, 11) is 2.29. The molecule has 1 fully saturated rings. The van der Waals surface area contributed by atoms with E-state index < -0.39 is 0 Å². The highest BCUT2D eigenvalue weighted by Crippen LogP contribution is 2.36. The van der Waals surface area contributed by atoms with Gasteiger partial charge in [0.2, 0.25) is 0 Å². The molecule has 1 saturated carbocycles. The molecule has 0 spiro atoms. The Morgan fingerprint density at radius 3 is 2.24 bits per heavy atom. The van der Waals surface area contributed by atoms with Crippen LogP contribution in [0.15, 0.2) is 24.3 Å². The van der Waals surface area contributed by atoms with Crippen LogP contribution in [-0.4, -0.2) is 30.6 Å². The van der Waals surface area contributed by atoms with Gasteiger partial charge < -0.3 is 5.32 Å². The average molecular weight is 288 g/mol. The van der Waals surface area contributed by atoms with Crippen molar-refractivity contribution >= 4 is 0 Å². The largest absolute Gasteiger partial charge is 0.309 e. The molecule has 0 bridgehead atoms. The molecule has 1 aromatic carbocycles. The Morgan fingerprint density at radius 1 is 1.14 bits per heavy atom. The van der Waals surface area contributed by atoms with Crippen LogP contribution in [0.2, 0.25) is 0 Å². The van der Waals surface area contributed by atoms with E-state index in [-0.39, 0.29) is 0 Å². The molecule has 2 rings (SSSR count). The molecule has 1 aliphatic rings. The van der Waals surface area contributed by atoms with Gasteiger partial charge in [0.05, 0.1) is 0 Å². The van der Waals surface area contributed by atoms with E-state index in [1.54, 1.807) is 0 Å². The summed E-state index contributed by atoms with van der Waals surface area (Å²) in [6.07, 6.45) is 3.94. The Bertz CT molecular complexity index is 422. The summed E-state index contributed by atoms with van der Waals surface area (Å²) in [5.74, 6) is 0.919. The maximum atomic E-state index is 3.69. The highest BCUT2D eigenvalue weighted by Gasteiger charge is 2.34. The highest BCUT2D eigenvalue weighted by molar-refractivity contribution is 5.26. The van der Waals surface area contributed by atoms with Crippen molar-refractivity contribution in [1.82, 2.24) is 10.2 Å². The van der Waals surface area contributed by atoms with E-state index in [4.69, 9.17) is 0 Å². The summed E-state index contributed by atoms with van der Waals surface area (Å²) in [4.78, 5) is 2.57. The minimum absolute atomic E-state index is 0.409. The van der Waals surface area contributed by atoms with Gasteiger partial charge in [-0.3, -0.25) is 4.90 Å². The second-order valence-electron chi connectivity index (χ2n) is 6.61. The fourth-order valence-corrected chi connectivity index (χ4v) is 3.26. The molecule has 1 aliphatic carbocycles. The van der Waals surface area contributed by atoms with Gasteiger partial charge in [0.25, 0.3) is 0 Å². The van der Waals surface area contributed by atoms with Gasteiger partial charge in [0, 0.05) is 18.1 Å². The van der Waals surface area contributed by atoms with E-state index in [0.717, 1.165) is 18.9 Å². The molecule has 1 N–H and O–H groups in total. The number of likely N-dealkylation sites (N-methyl/N-ethyl adjacent to an activating group) is 2. The number of hydrogen-bond donors (Lipinski definition) is 1. The standard InChI is InChI=1S/C19H32N2/c1-6-16-8-10-18(11-9-16)19(20-7-2)15(4)21(5)14(3)17-12-13-17/h8-11,14-15,17,19-20H,6-7,12-13H2,1-5H3. The van der Waals surface area contributed by atoms with Gasteiger partial charge in [-0.1, -0.05) is 38.1 Å². The maximum absolute atomic E-state index is 3.69. The fraction of sp³-hybridized carbons (Fsp3) is 0.684. The first-order chi connectivity index (χ1) is 10.1. The first-order valence-corrected chi connectivity index (χ1v) is 8.62. The van der Waals surface area contributed by atoms with Gasteiger partial charge in [-0.15, -0.1) is 0 Å².